The van der Waals surface area contributed by atoms with Crippen molar-refractivity contribution in [3.63, 3.8) is 0 Å². The lowest BCUT2D eigenvalue weighted by Crippen LogP contribution is -2.21. The first-order valence-corrected chi connectivity index (χ1v) is 7.13. The molecule has 0 saturated heterocycles. The Morgan fingerprint density at radius 1 is 0.905 bits per heavy atom. The highest BCUT2D eigenvalue weighted by Gasteiger charge is 2.12. The van der Waals surface area contributed by atoms with Crippen molar-refractivity contribution in [1.82, 2.24) is 4.90 Å². The second kappa shape index (κ2) is 9.43. The Hall–Kier alpha value is -1.51. The molecule has 1 atom stereocenters. The minimum absolute atomic E-state index is 0. The van der Waals surface area contributed by atoms with Gasteiger partial charge in [-0.15, -0.1) is 12.4 Å². The number of nitrogens with zero attached hydrogens (tertiary/aromatic N) is 1. The molecule has 2 aromatic carbocycles. The molecule has 0 amide bonds. The molecule has 3 heteroatoms. The van der Waals surface area contributed by atoms with Crippen molar-refractivity contribution >= 4 is 12.4 Å². The van der Waals surface area contributed by atoms with Crippen LogP contribution in [0, 0.1) is 0 Å². The van der Waals surface area contributed by atoms with Crippen LogP contribution in [0.2, 0.25) is 0 Å². The Labute approximate surface area is 134 Å². The predicted octanol–water partition coefficient (Wildman–Crippen LogP) is 4.22. The molecule has 0 radical (unpaired) electrons. The molecule has 1 unspecified atom stereocenters. The molecule has 2 rings (SSSR count). The Balaban J connectivity index is 0.00000220. The highest BCUT2D eigenvalue weighted by molar-refractivity contribution is 5.85. The second-order valence-corrected chi connectivity index (χ2v) is 5.32. The fourth-order valence-corrected chi connectivity index (χ4v) is 2.37. The molecule has 0 bridgehead atoms. The molecule has 0 aliphatic heterocycles. The molecule has 0 aliphatic rings. The van der Waals surface area contributed by atoms with Crippen LogP contribution >= 0.6 is 12.4 Å². The number of ether oxygens (including phenoxy) is 1. The maximum absolute atomic E-state index is 5.82. The Morgan fingerprint density at radius 3 is 2.05 bits per heavy atom. The van der Waals surface area contributed by atoms with E-state index in [9.17, 15) is 0 Å². The quantitative estimate of drug-likeness (QED) is 0.759. The zero-order valence-electron chi connectivity index (χ0n) is 12.7. The van der Waals surface area contributed by atoms with Gasteiger partial charge in [-0.1, -0.05) is 48.5 Å². The van der Waals surface area contributed by atoms with Crippen molar-refractivity contribution in [2.75, 3.05) is 27.2 Å². The highest BCUT2D eigenvalue weighted by atomic mass is 35.5. The molecule has 0 aromatic heterocycles. The summed E-state index contributed by atoms with van der Waals surface area (Å²) in [6.07, 6.45) is 1.02. The second-order valence-electron chi connectivity index (χ2n) is 5.32. The summed E-state index contributed by atoms with van der Waals surface area (Å²) in [6, 6.07) is 20.7. The summed E-state index contributed by atoms with van der Waals surface area (Å²) in [6.45, 7) is 1.79. The fourth-order valence-electron chi connectivity index (χ4n) is 2.37. The van der Waals surface area contributed by atoms with E-state index in [4.69, 9.17) is 4.74 Å². The normalized spacial score (nSPS) is 11.8. The van der Waals surface area contributed by atoms with Gasteiger partial charge in [0.25, 0.3) is 0 Å². The summed E-state index contributed by atoms with van der Waals surface area (Å²) >= 11 is 0. The molecule has 114 valence electrons. The molecule has 21 heavy (non-hydrogen) atoms. The van der Waals surface area contributed by atoms with Crippen molar-refractivity contribution in [1.29, 1.82) is 0 Å². The monoisotopic (exact) mass is 305 g/mol. The summed E-state index contributed by atoms with van der Waals surface area (Å²) in [5, 5.41) is 0. The lowest BCUT2D eigenvalue weighted by atomic mass is 9.96. The number of likely N-dealkylation sites (N-methyl/N-ethyl adjacent to an activating group) is 1. The minimum atomic E-state index is 0. The van der Waals surface area contributed by atoms with Crippen molar-refractivity contribution < 1.29 is 4.74 Å². The third kappa shape index (κ3) is 6.19. The average Bonchev–Trinajstić information content (AvgIpc) is 2.48. The van der Waals surface area contributed by atoms with E-state index in [1.54, 1.807) is 0 Å². The van der Waals surface area contributed by atoms with Crippen LogP contribution in [-0.2, 0) is 0 Å². The van der Waals surface area contributed by atoms with Gasteiger partial charge in [-0.3, -0.25) is 0 Å². The smallest absolute Gasteiger partial charge is 0.119 e. The predicted molar refractivity (Wildman–Crippen MR) is 91.5 cm³/mol. The number of para-hydroxylation sites is 1. The van der Waals surface area contributed by atoms with Gasteiger partial charge in [-0.25, -0.2) is 0 Å². The van der Waals surface area contributed by atoms with E-state index in [0.717, 1.165) is 25.3 Å². The van der Waals surface area contributed by atoms with Crippen molar-refractivity contribution in [2.45, 2.75) is 12.3 Å². The number of halogens is 1. The summed E-state index contributed by atoms with van der Waals surface area (Å²) in [4.78, 5) is 2.24. The van der Waals surface area contributed by atoms with E-state index in [-0.39, 0.29) is 12.4 Å². The maximum atomic E-state index is 5.82. The Kier molecular flexibility index (Phi) is 7.88. The van der Waals surface area contributed by atoms with Gasteiger partial charge >= 0.3 is 0 Å². The van der Waals surface area contributed by atoms with E-state index >= 15 is 0 Å². The number of rotatable bonds is 7. The van der Waals surface area contributed by atoms with Crippen LogP contribution in [0.15, 0.2) is 60.7 Å². The van der Waals surface area contributed by atoms with Crippen LogP contribution in [0.3, 0.4) is 0 Å². The van der Waals surface area contributed by atoms with E-state index in [1.807, 2.05) is 30.3 Å². The van der Waals surface area contributed by atoms with Crippen molar-refractivity contribution in [3.05, 3.63) is 66.2 Å². The van der Waals surface area contributed by atoms with Crippen molar-refractivity contribution in [2.24, 2.45) is 0 Å². The van der Waals surface area contributed by atoms with Crippen LogP contribution in [0.5, 0.6) is 5.75 Å². The molecule has 0 fully saturated rings. The molecule has 2 aromatic rings. The summed E-state index contributed by atoms with van der Waals surface area (Å²) in [5.74, 6) is 1.46. The molecule has 0 saturated carbocycles. The lowest BCUT2D eigenvalue weighted by Gasteiger charge is -2.21. The standard InChI is InChI=1S/C18H23NO.ClH/c1-19(2)15-17(16-9-5-3-6-10-16)13-14-20-18-11-7-4-8-12-18;/h3-12,17H,13-15H2,1-2H3;1H. The fraction of sp³-hybridized carbons (Fsp3) is 0.333. The third-order valence-electron chi connectivity index (χ3n) is 3.33. The molecule has 0 spiro atoms. The van der Waals surface area contributed by atoms with Gasteiger partial charge in [0, 0.05) is 6.54 Å². The Bertz CT molecular complexity index is 487. The maximum Gasteiger partial charge on any atom is 0.119 e. The first kappa shape index (κ1) is 17.5. The molecular formula is C18H24ClNO. The minimum Gasteiger partial charge on any atom is -0.494 e. The number of benzene rings is 2. The summed E-state index contributed by atoms with van der Waals surface area (Å²) in [7, 11) is 4.24. The third-order valence-corrected chi connectivity index (χ3v) is 3.33. The largest absolute Gasteiger partial charge is 0.494 e. The molecule has 2 nitrogen and oxygen atoms in total. The topological polar surface area (TPSA) is 12.5 Å². The van der Waals surface area contributed by atoms with E-state index in [2.05, 4.69) is 49.3 Å². The molecule has 0 heterocycles. The SMILES string of the molecule is CN(C)CC(CCOc1ccccc1)c1ccccc1.Cl. The van der Waals surface area contributed by atoms with Gasteiger partial charge in [-0.05, 0) is 44.1 Å². The highest BCUT2D eigenvalue weighted by Crippen LogP contribution is 2.21. The number of hydrogen-bond donors (Lipinski definition) is 0. The van der Waals surface area contributed by atoms with Crippen LogP contribution < -0.4 is 4.74 Å². The van der Waals surface area contributed by atoms with Gasteiger partial charge < -0.3 is 9.64 Å². The molecule has 0 N–H and O–H groups in total. The zero-order chi connectivity index (χ0) is 14.2. The van der Waals surface area contributed by atoms with E-state index < -0.39 is 0 Å². The van der Waals surface area contributed by atoms with Gasteiger partial charge in [0.05, 0.1) is 6.61 Å². The average molecular weight is 306 g/mol. The van der Waals surface area contributed by atoms with Crippen LogP contribution in [0.1, 0.15) is 17.9 Å². The van der Waals surface area contributed by atoms with Crippen LogP contribution in [-0.4, -0.2) is 32.1 Å². The van der Waals surface area contributed by atoms with Gasteiger partial charge in [0.2, 0.25) is 0 Å². The summed E-state index contributed by atoms with van der Waals surface area (Å²) < 4.78 is 5.82. The summed E-state index contributed by atoms with van der Waals surface area (Å²) in [5.41, 5.74) is 1.39. The molecule has 0 aliphatic carbocycles. The lowest BCUT2D eigenvalue weighted by molar-refractivity contribution is 0.276. The van der Waals surface area contributed by atoms with Gasteiger partial charge in [0.1, 0.15) is 5.75 Å². The van der Waals surface area contributed by atoms with Crippen LogP contribution in [0.4, 0.5) is 0 Å². The number of hydrogen-bond acceptors (Lipinski definition) is 2. The molecular weight excluding hydrogens is 282 g/mol. The van der Waals surface area contributed by atoms with Gasteiger partial charge in [0.15, 0.2) is 0 Å². The zero-order valence-corrected chi connectivity index (χ0v) is 13.6. The first-order valence-electron chi connectivity index (χ1n) is 7.13. The Morgan fingerprint density at radius 2 is 1.48 bits per heavy atom. The van der Waals surface area contributed by atoms with Crippen molar-refractivity contribution in [3.8, 4) is 5.75 Å². The van der Waals surface area contributed by atoms with E-state index in [1.165, 1.54) is 5.56 Å². The van der Waals surface area contributed by atoms with Gasteiger partial charge in [-0.2, -0.15) is 0 Å². The first-order chi connectivity index (χ1) is 9.75. The van der Waals surface area contributed by atoms with E-state index in [0.29, 0.717) is 5.92 Å². The van der Waals surface area contributed by atoms with Crippen LogP contribution in [0.25, 0.3) is 0 Å².